The molecule has 3 aromatic carbocycles. The van der Waals surface area contributed by atoms with Gasteiger partial charge in [-0.05, 0) is 66.1 Å². The van der Waals surface area contributed by atoms with Gasteiger partial charge in [-0.15, -0.1) is 0 Å². The third-order valence-corrected chi connectivity index (χ3v) is 5.36. The Morgan fingerprint density at radius 1 is 1.03 bits per heavy atom. The molecule has 1 aliphatic heterocycles. The molecule has 4 rings (SSSR count). The minimum Gasteiger partial charge on any atom is -0.493 e. The number of hydrogen-bond acceptors (Lipinski definition) is 4. The lowest BCUT2D eigenvalue weighted by atomic mass is 10.1. The van der Waals surface area contributed by atoms with Gasteiger partial charge in [0.15, 0.2) is 11.5 Å². The van der Waals surface area contributed by atoms with E-state index in [1.807, 2.05) is 24.3 Å². The maximum Gasteiger partial charge on any atom is 0.387 e. The number of amides is 2. The molecule has 0 saturated heterocycles. The largest absolute Gasteiger partial charge is 0.493 e. The predicted molar refractivity (Wildman–Crippen MR) is 126 cm³/mol. The second kappa shape index (κ2) is 10.2. The van der Waals surface area contributed by atoms with E-state index in [0.717, 1.165) is 17.7 Å². The first-order valence-corrected chi connectivity index (χ1v) is 10.6. The maximum absolute atomic E-state index is 12.9. The van der Waals surface area contributed by atoms with Gasteiger partial charge in [-0.3, -0.25) is 9.59 Å². The molecule has 1 heterocycles. The van der Waals surface area contributed by atoms with Crippen LogP contribution in [0, 0.1) is 0 Å². The van der Waals surface area contributed by atoms with Crippen LogP contribution >= 0.6 is 0 Å². The van der Waals surface area contributed by atoms with E-state index in [0.29, 0.717) is 23.4 Å². The van der Waals surface area contributed by atoms with E-state index in [1.165, 1.54) is 37.5 Å². The number of hydrogen-bond donors (Lipinski definition) is 1. The van der Waals surface area contributed by atoms with Gasteiger partial charge < -0.3 is 19.7 Å². The average molecular weight is 464 g/mol. The highest BCUT2D eigenvalue weighted by Crippen LogP contribution is 2.30. The van der Waals surface area contributed by atoms with Crippen molar-refractivity contribution in [3.63, 3.8) is 0 Å². The molecule has 0 fully saturated rings. The first kappa shape index (κ1) is 23.0. The van der Waals surface area contributed by atoms with Crippen LogP contribution in [0.4, 0.5) is 20.2 Å². The van der Waals surface area contributed by atoms with E-state index >= 15 is 0 Å². The molecule has 34 heavy (non-hydrogen) atoms. The summed E-state index contributed by atoms with van der Waals surface area (Å²) in [5.74, 6) is -0.440. The van der Waals surface area contributed by atoms with Crippen LogP contribution < -0.4 is 19.7 Å². The van der Waals surface area contributed by atoms with E-state index in [9.17, 15) is 18.4 Å². The quantitative estimate of drug-likeness (QED) is 0.491. The zero-order chi connectivity index (χ0) is 24.1. The molecule has 0 spiro atoms. The van der Waals surface area contributed by atoms with Crippen LogP contribution in [-0.4, -0.2) is 32.1 Å². The van der Waals surface area contributed by atoms with Crippen LogP contribution in [0.1, 0.15) is 21.5 Å². The number of ether oxygens (including phenoxy) is 2. The van der Waals surface area contributed by atoms with E-state index in [-0.39, 0.29) is 23.3 Å². The summed E-state index contributed by atoms with van der Waals surface area (Å²) in [5.41, 5.74) is 3.72. The molecule has 174 valence electrons. The number of nitrogens with one attached hydrogen (secondary N) is 1. The Balaban J connectivity index is 1.38. The van der Waals surface area contributed by atoms with Crippen molar-refractivity contribution in [1.29, 1.82) is 0 Å². The monoisotopic (exact) mass is 464 g/mol. The van der Waals surface area contributed by atoms with E-state index in [2.05, 4.69) is 10.1 Å². The Kier molecular flexibility index (Phi) is 6.87. The van der Waals surface area contributed by atoms with Gasteiger partial charge in [-0.25, -0.2) is 0 Å². The number of benzene rings is 3. The van der Waals surface area contributed by atoms with Crippen LogP contribution in [0.15, 0.2) is 72.8 Å². The zero-order valence-corrected chi connectivity index (χ0v) is 18.3. The summed E-state index contributed by atoms with van der Waals surface area (Å²) in [7, 11) is 1.34. The summed E-state index contributed by atoms with van der Waals surface area (Å²) in [6.07, 6.45) is 3.66. The molecule has 1 N–H and O–H groups in total. The first-order valence-electron chi connectivity index (χ1n) is 10.6. The highest BCUT2D eigenvalue weighted by atomic mass is 19.3. The number of rotatable bonds is 7. The Bertz CT molecular complexity index is 1230. The molecule has 0 bridgehead atoms. The Morgan fingerprint density at radius 3 is 2.53 bits per heavy atom. The predicted octanol–water partition coefficient (Wildman–Crippen LogP) is 5.15. The van der Waals surface area contributed by atoms with Gasteiger partial charge in [0, 0.05) is 29.6 Å². The molecule has 0 unspecified atom stereocenters. The number of anilines is 2. The number of para-hydroxylation sites is 1. The third-order valence-electron chi connectivity index (χ3n) is 5.36. The van der Waals surface area contributed by atoms with Crippen molar-refractivity contribution in [2.75, 3.05) is 23.9 Å². The topological polar surface area (TPSA) is 67.9 Å². The van der Waals surface area contributed by atoms with Gasteiger partial charge in [0.1, 0.15) is 0 Å². The Hall–Kier alpha value is -4.20. The van der Waals surface area contributed by atoms with Gasteiger partial charge >= 0.3 is 6.61 Å². The minimum atomic E-state index is -2.96. The summed E-state index contributed by atoms with van der Waals surface area (Å²) < 4.78 is 34.3. The lowest BCUT2D eigenvalue weighted by Gasteiger charge is -2.17. The van der Waals surface area contributed by atoms with Crippen molar-refractivity contribution >= 4 is 29.3 Å². The fourth-order valence-corrected chi connectivity index (χ4v) is 3.74. The van der Waals surface area contributed by atoms with Crippen molar-refractivity contribution in [3.05, 3.63) is 89.5 Å². The molecule has 6 nitrogen and oxygen atoms in total. The summed E-state index contributed by atoms with van der Waals surface area (Å²) in [6, 6.07) is 18.9. The van der Waals surface area contributed by atoms with Crippen molar-refractivity contribution < 1.29 is 27.8 Å². The summed E-state index contributed by atoms with van der Waals surface area (Å²) >= 11 is 0. The number of carbonyl (C=O) groups excluding carboxylic acids is 2. The summed E-state index contributed by atoms with van der Waals surface area (Å²) in [5, 5.41) is 2.72. The van der Waals surface area contributed by atoms with E-state index in [4.69, 9.17) is 4.74 Å². The smallest absolute Gasteiger partial charge is 0.387 e. The van der Waals surface area contributed by atoms with Gasteiger partial charge in [-0.1, -0.05) is 24.3 Å². The maximum atomic E-state index is 12.9. The van der Waals surface area contributed by atoms with Crippen LogP contribution in [0.3, 0.4) is 0 Å². The van der Waals surface area contributed by atoms with Gasteiger partial charge in [-0.2, -0.15) is 8.78 Å². The molecule has 3 aromatic rings. The van der Waals surface area contributed by atoms with Crippen molar-refractivity contribution in [3.8, 4) is 11.5 Å². The molecular formula is C26H22F2N2O4. The van der Waals surface area contributed by atoms with Crippen molar-refractivity contribution in [2.45, 2.75) is 13.0 Å². The Morgan fingerprint density at radius 2 is 1.79 bits per heavy atom. The number of carbonyl (C=O) groups is 2. The van der Waals surface area contributed by atoms with Gasteiger partial charge in [0.05, 0.1) is 7.11 Å². The molecule has 2 amide bonds. The molecule has 0 saturated carbocycles. The first-order chi connectivity index (χ1) is 16.4. The zero-order valence-electron chi connectivity index (χ0n) is 18.3. The van der Waals surface area contributed by atoms with Gasteiger partial charge in [0.2, 0.25) is 5.91 Å². The van der Waals surface area contributed by atoms with Crippen LogP contribution in [0.25, 0.3) is 6.08 Å². The van der Waals surface area contributed by atoms with Crippen molar-refractivity contribution in [1.82, 2.24) is 0 Å². The lowest BCUT2D eigenvalue weighted by Crippen LogP contribution is -2.28. The average Bonchev–Trinajstić information content (AvgIpc) is 3.27. The third kappa shape index (κ3) is 5.23. The number of halogens is 2. The number of alkyl halides is 2. The van der Waals surface area contributed by atoms with Gasteiger partial charge in [0.25, 0.3) is 5.91 Å². The highest BCUT2D eigenvalue weighted by molar-refractivity contribution is 6.08. The Labute approximate surface area is 195 Å². The molecule has 0 aromatic heterocycles. The number of fused-ring (bicyclic) bond motifs is 1. The summed E-state index contributed by atoms with van der Waals surface area (Å²) in [4.78, 5) is 27.0. The van der Waals surface area contributed by atoms with Crippen LogP contribution in [-0.2, 0) is 11.2 Å². The normalized spacial score (nSPS) is 12.6. The minimum absolute atomic E-state index is 0.0871. The molecule has 1 aliphatic rings. The molecule has 0 aliphatic carbocycles. The van der Waals surface area contributed by atoms with Crippen LogP contribution in [0.5, 0.6) is 11.5 Å². The van der Waals surface area contributed by atoms with Crippen LogP contribution in [0.2, 0.25) is 0 Å². The van der Waals surface area contributed by atoms with E-state index < -0.39 is 6.61 Å². The molecule has 0 radical (unpaired) electrons. The second-order valence-electron chi connectivity index (χ2n) is 7.52. The fraction of sp³-hybridized carbons (Fsp3) is 0.154. The van der Waals surface area contributed by atoms with E-state index in [1.54, 1.807) is 29.2 Å². The summed E-state index contributed by atoms with van der Waals surface area (Å²) in [6.45, 7) is -2.32. The standard InChI is InChI=1S/C26H22F2N2O4/c1-33-23-16-17(6-12-22(23)34-26(27)28)7-13-24(31)29-20-10-8-19(9-11-20)25(32)30-15-14-18-4-2-3-5-21(18)30/h2-13,16,26H,14-15H2,1H3,(H,29,31)/b13-7+. The van der Waals surface area contributed by atoms with Crippen molar-refractivity contribution in [2.24, 2.45) is 0 Å². The highest BCUT2D eigenvalue weighted by Gasteiger charge is 2.25. The second-order valence-corrected chi connectivity index (χ2v) is 7.52. The number of nitrogens with zero attached hydrogens (tertiary/aromatic N) is 1. The number of methoxy groups -OCH3 is 1. The SMILES string of the molecule is COc1cc(/C=C/C(=O)Nc2ccc(C(=O)N3CCc4ccccc43)cc2)ccc1OC(F)F. The lowest BCUT2D eigenvalue weighted by molar-refractivity contribution is -0.111. The molecule has 8 heteroatoms. The fourth-order valence-electron chi connectivity index (χ4n) is 3.74. The molecule has 0 atom stereocenters. The molecular weight excluding hydrogens is 442 g/mol.